The number of aliphatic imine (C=N–C) groups is 1. The number of rotatable bonds is 4. The Hall–Kier alpha value is -3.13. The molecule has 0 atom stereocenters. The first-order valence-corrected chi connectivity index (χ1v) is 9.88. The number of nitrogens with one attached hydrogen (secondary N) is 1. The Morgan fingerprint density at radius 1 is 1.10 bits per heavy atom. The minimum absolute atomic E-state index is 0.655. The van der Waals surface area contributed by atoms with Crippen molar-refractivity contribution in [3.63, 3.8) is 0 Å². The molecule has 0 aliphatic carbocycles. The number of guanidine groups is 1. The molecular weight excluding hydrogens is 388 g/mol. The van der Waals surface area contributed by atoms with E-state index < -0.39 is 0 Å². The van der Waals surface area contributed by atoms with Crippen LogP contribution in [0.1, 0.15) is 5.56 Å². The SMILES string of the molecule is CN=C(NCc1cnn(-c2ccc(Cl)cc2)c1)N1CCN(c2ncccn2)CC1. The molecule has 0 radical (unpaired) electrons. The van der Waals surface area contributed by atoms with Crippen molar-refractivity contribution in [1.29, 1.82) is 0 Å². The van der Waals surface area contributed by atoms with Crippen LogP contribution in [0.2, 0.25) is 5.02 Å². The molecule has 4 rings (SSSR count). The van der Waals surface area contributed by atoms with Crippen molar-refractivity contribution in [2.75, 3.05) is 38.1 Å². The fourth-order valence-corrected chi connectivity index (χ4v) is 3.40. The van der Waals surface area contributed by atoms with Gasteiger partial charge in [0.2, 0.25) is 5.95 Å². The molecule has 1 aliphatic heterocycles. The van der Waals surface area contributed by atoms with Crippen LogP contribution in [0.25, 0.3) is 5.69 Å². The van der Waals surface area contributed by atoms with Gasteiger partial charge in [0.15, 0.2) is 5.96 Å². The second-order valence-corrected chi connectivity index (χ2v) is 7.13. The summed E-state index contributed by atoms with van der Waals surface area (Å²) in [5.74, 6) is 1.67. The van der Waals surface area contributed by atoms with Crippen molar-refractivity contribution >= 4 is 23.5 Å². The highest BCUT2D eigenvalue weighted by molar-refractivity contribution is 6.30. The van der Waals surface area contributed by atoms with Crippen molar-refractivity contribution in [2.24, 2.45) is 4.99 Å². The van der Waals surface area contributed by atoms with E-state index >= 15 is 0 Å². The number of aromatic nitrogens is 4. The van der Waals surface area contributed by atoms with Crippen LogP contribution >= 0.6 is 11.6 Å². The fourth-order valence-electron chi connectivity index (χ4n) is 3.27. The van der Waals surface area contributed by atoms with Crippen molar-refractivity contribution in [1.82, 2.24) is 30.0 Å². The molecule has 1 aromatic carbocycles. The maximum absolute atomic E-state index is 5.96. The van der Waals surface area contributed by atoms with Crippen molar-refractivity contribution in [3.05, 3.63) is 65.7 Å². The monoisotopic (exact) mass is 410 g/mol. The van der Waals surface area contributed by atoms with E-state index in [0.717, 1.165) is 49.3 Å². The van der Waals surface area contributed by atoms with Gasteiger partial charge in [-0.3, -0.25) is 4.99 Å². The van der Waals surface area contributed by atoms with Crippen LogP contribution in [-0.2, 0) is 6.54 Å². The third-order valence-electron chi connectivity index (χ3n) is 4.80. The largest absolute Gasteiger partial charge is 0.352 e. The Morgan fingerprint density at radius 3 is 2.52 bits per heavy atom. The maximum Gasteiger partial charge on any atom is 0.225 e. The van der Waals surface area contributed by atoms with E-state index in [1.54, 1.807) is 12.4 Å². The van der Waals surface area contributed by atoms with Crippen molar-refractivity contribution < 1.29 is 0 Å². The zero-order chi connectivity index (χ0) is 20.1. The average molecular weight is 411 g/mol. The second kappa shape index (κ2) is 8.91. The van der Waals surface area contributed by atoms with Crippen LogP contribution in [0.5, 0.6) is 0 Å². The first-order valence-electron chi connectivity index (χ1n) is 9.50. The molecule has 150 valence electrons. The Labute approximate surface area is 174 Å². The van der Waals surface area contributed by atoms with Gasteiger partial charge in [-0.2, -0.15) is 5.10 Å². The van der Waals surface area contributed by atoms with Crippen LogP contribution < -0.4 is 10.2 Å². The molecule has 0 bridgehead atoms. The fraction of sp³-hybridized carbons (Fsp3) is 0.300. The van der Waals surface area contributed by atoms with E-state index in [9.17, 15) is 0 Å². The van der Waals surface area contributed by atoms with Gasteiger partial charge in [-0.05, 0) is 30.3 Å². The van der Waals surface area contributed by atoms with Gasteiger partial charge < -0.3 is 15.1 Å². The summed E-state index contributed by atoms with van der Waals surface area (Å²) in [6, 6.07) is 9.44. The quantitative estimate of drug-likeness (QED) is 0.525. The lowest BCUT2D eigenvalue weighted by Crippen LogP contribution is -2.52. The standard InChI is InChI=1S/C20H23ClN8/c1-22-19(27-9-11-28(12-10-27)20-23-7-2-8-24-20)25-13-16-14-26-29(15-16)18-5-3-17(21)4-6-18/h2-8,14-15H,9-13H2,1H3,(H,22,25). The molecule has 1 saturated heterocycles. The van der Waals surface area contributed by atoms with Gasteiger partial charge in [0.1, 0.15) is 0 Å². The van der Waals surface area contributed by atoms with Gasteiger partial charge in [-0.1, -0.05) is 11.6 Å². The van der Waals surface area contributed by atoms with Gasteiger partial charge in [0, 0.05) is 68.9 Å². The zero-order valence-corrected chi connectivity index (χ0v) is 17.0. The van der Waals surface area contributed by atoms with Gasteiger partial charge in [0.25, 0.3) is 0 Å². The van der Waals surface area contributed by atoms with Crippen LogP contribution in [0, 0.1) is 0 Å². The van der Waals surface area contributed by atoms with Crippen LogP contribution in [-0.4, -0.2) is 63.8 Å². The Balaban J connectivity index is 1.32. The highest BCUT2D eigenvalue weighted by atomic mass is 35.5. The summed E-state index contributed by atoms with van der Waals surface area (Å²) in [6.07, 6.45) is 7.42. The lowest BCUT2D eigenvalue weighted by atomic mass is 10.3. The minimum atomic E-state index is 0.655. The summed E-state index contributed by atoms with van der Waals surface area (Å²) in [6.45, 7) is 4.10. The number of halogens is 1. The highest BCUT2D eigenvalue weighted by Crippen LogP contribution is 2.14. The lowest BCUT2D eigenvalue weighted by molar-refractivity contribution is 0.370. The summed E-state index contributed by atoms with van der Waals surface area (Å²) < 4.78 is 1.84. The first kappa shape index (κ1) is 19.2. The second-order valence-electron chi connectivity index (χ2n) is 6.69. The molecule has 0 unspecified atom stereocenters. The summed E-state index contributed by atoms with van der Waals surface area (Å²) in [5.41, 5.74) is 2.06. The number of nitrogens with zero attached hydrogens (tertiary/aromatic N) is 7. The van der Waals surface area contributed by atoms with Crippen LogP contribution in [0.3, 0.4) is 0 Å². The normalized spacial score (nSPS) is 14.9. The summed E-state index contributed by atoms with van der Waals surface area (Å²) >= 11 is 5.96. The summed E-state index contributed by atoms with van der Waals surface area (Å²) in [5, 5.41) is 8.58. The number of benzene rings is 1. The summed E-state index contributed by atoms with van der Waals surface area (Å²) in [7, 11) is 1.81. The first-order chi connectivity index (χ1) is 14.2. The van der Waals surface area contributed by atoms with Gasteiger partial charge in [-0.25, -0.2) is 14.6 Å². The van der Waals surface area contributed by atoms with E-state index in [1.807, 2.05) is 54.5 Å². The minimum Gasteiger partial charge on any atom is -0.352 e. The molecule has 3 aromatic rings. The molecule has 29 heavy (non-hydrogen) atoms. The van der Waals surface area contributed by atoms with Crippen LogP contribution in [0.4, 0.5) is 5.95 Å². The maximum atomic E-state index is 5.96. The molecule has 1 aliphatic rings. The third-order valence-corrected chi connectivity index (χ3v) is 5.06. The highest BCUT2D eigenvalue weighted by Gasteiger charge is 2.21. The zero-order valence-electron chi connectivity index (χ0n) is 16.2. The van der Waals surface area contributed by atoms with E-state index in [0.29, 0.717) is 11.6 Å². The Morgan fingerprint density at radius 2 is 1.83 bits per heavy atom. The predicted octanol–water partition coefficient (Wildman–Crippen LogP) is 2.21. The number of hydrogen-bond acceptors (Lipinski definition) is 5. The molecule has 1 N–H and O–H groups in total. The smallest absolute Gasteiger partial charge is 0.225 e. The van der Waals surface area contributed by atoms with E-state index in [1.165, 1.54) is 0 Å². The molecule has 2 aromatic heterocycles. The van der Waals surface area contributed by atoms with Gasteiger partial charge in [-0.15, -0.1) is 0 Å². The topological polar surface area (TPSA) is 74.5 Å². The molecule has 1 fully saturated rings. The Bertz CT molecular complexity index is 946. The van der Waals surface area contributed by atoms with E-state index in [4.69, 9.17) is 11.6 Å². The van der Waals surface area contributed by atoms with Crippen LogP contribution in [0.15, 0.2) is 60.1 Å². The number of piperazine rings is 1. The van der Waals surface area contributed by atoms with E-state index in [2.05, 4.69) is 35.2 Å². The molecular formula is C20H23ClN8. The molecule has 8 nitrogen and oxygen atoms in total. The third kappa shape index (κ3) is 4.65. The average Bonchev–Trinajstić information content (AvgIpc) is 3.25. The molecule has 3 heterocycles. The predicted molar refractivity (Wildman–Crippen MR) is 115 cm³/mol. The van der Waals surface area contributed by atoms with Gasteiger partial charge in [0.05, 0.1) is 11.9 Å². The van der Waals surface area contributed by atoms with Crippen molar-refractivity contribution in [3.8, 4) is 5.69 Å². The summed E-state index contributed by atoms with van der Waals surface area (Å²) in [4.78, 5) is 17.6. The molecule has 0 spiro atoms. The Kier molecular flexibility index (Phi) is 5.90. The van der Waals surface area contributed by atoms with Gasteiger partial charge >= 0.3 is 0 Å². The van der Waals surface area contributed by atoms with Crippen molar-refractivity contribution in [2.45, 2.75) is 6.54 Å². The molecule has 0 saturated carbocycles. The number of anilines is 1. The molecule has 9 heteroatoms. The molecule has 0 amide bonds. The lowest BCUT2D eigenvalue weighted by Gasteiger charge is -2.36. The van der Waals surface area contributed by atoms with E-state index in [-0.39, 0.29) is 0 Å². The number of hydrogen-bond donors (Lipinski definition) is 1.